The number of Topliss-reactive ketones (excluding diaryl/α,β-unsaturated/α-hetero) is 1. The van der Waals surface area contributed by atoms with Crippen molar-refractivity contribution in [1.29, 1.82) is 0 Å². The standard InChI is InChI=1S/C22H29Cl2NO6/c1-6-14(2)20(28)15-9-10-16(19(24)18(15)23)30-13-17(27)25(11-7-8-12-26)21(29)31-22(3,4)5/h9-10,26H,2,6-8,11-13H2,1,3-5H3. The summed E-state index contributed by atoms with van der Waals surface area (Å²) in [5, 5.41) is 8.94. The molecule has 31 heavy (non-hydrogen) atoms. The molecule has 1 rings (SSSR count). The molecule has 0 saturated heterocycles. The number of ketones is 1. The summed E-state index contributed by atoms with van der Waals surface area (Å²) in [6.07, 6.45) is 0.498. The van der Waals surface area contributed by atoms with Crippen molar-refractivity contribution in [2.75, 3.05) is 19.8 Å². The first-order chi connectivity index (χ1) is 14.4. The normalized spacial score (nSPS) is 11.1. The molecule has 0 radical (unpaired) electrons. The predicted molar refractivity (Wildman–Crippen MR) is 120 cm³/mol. The molecule has 0 heterocycles. The fourth-order valence-corrected chi connectivity index (χ4v) is 2.86. The zero-order chi connectivity index (χ0) is 23.8. The Kier molecular flexibility index (Phi) is 10.5. The minimum Gasteiger partial charge on any atom is -0.482 e. The van der Waals surface area contributed by atoms with Gasteiger partial charge in [-0.05, 0) is 57.7 Å². The summed E-state index contributed by atoms with van der Waals surface area (Å²) in [6, 6.07) is 2.88. The van der Waals surface area contributed by atoms with Crippen LogP contribution in [0.1, 0.15) is 57.3 Å². The van der Waals surface area contributed by atoms with E-state index >= 15 is 0 Å². The SMILES string of the molecule is C=C(CC)C(=O)c1ccc(OCC(=O)N(CCCCO)C(=O)OC(C)(C)C)c(Cl)c1Cl. The number of imide groups is 1. The van der Waals surface area contributed by atoms with Crippen molar-refractivity contribution in [2.45, 2.75) is 52.6 Å². The highest BCUT2D eigenvalue weighted by Crippen LogP contribution is 2.35. The third kappa shape index (κ3) is 8.16. The molecule has 172 valence electrons. The number of carbonyl (C=O) groups is 3. The van der Waals surface area contributed by atoms with Crippen LogP contribution in [-0.2, 0) is 9.53 Å². The summed E-state index contributed by atoms with van der Waals surface area (Å²) < 4.78 is 10.7. The first-order valence-electron chi connectivity index (χ1n) is 9.90. The Hall–Kier alpha value is -2.09. The molecule has 0 atom stereocenters. The molecule has 0 aliphatic rings. The molecule has 0 aromatic heterocycles. The smallest absolute Gasteiger partial charge is 0.417 e. The lowest BCUT2D eigenvalue weighted by Gasteiger charge is -2.26. The highest BCUT2D eigenvalue weighted by Gasteiger charge is 2.27. The molecular weight excluding hydrogens is 445 g/mol. The van der Waals surface area contributed by atoms with E-state index in [0.29, 0.717) is 24.8 Å². The van der Waals surface area contributed by atoms with Gasteiger partial charge in [0.1, 0.15) is 16.4 Å². The maximum Gasteiger partial charge on any atom is 0.417 e. The van der Waals surface area contributed by atoms with Gasteiger partial charge in [-0.1, -0.05) is 36.7 Å². The summed E-state index contributed by atoms with van der Waals surface area (Å²) in [7, 11) is 0. The van der Waals surface area contributed by atoms with E-state index in [-0.39, 0.29) is 40.3 Å². The zero-order valence-electron chi connectivity index (χ0n) is 18.3. The lowest BCUT2D eigenvalue weighted by Crippen LogP contribution is -2.43. The number of ether oxygens (including phenoxy) is 2. The van der Waals surface area contributed by atoms with Crippen molar-refractivity contribution < 1.29 is 29.0 Å². The van der Waals surface area contributed by atoms with Gasteiger partial charge in [0.2, 0.25) is 0 Å². The van der Waals surface area contributed by atoms with Gasteiger partial charge in [-0.3, -0.25) is 9.59 Å². The van der Waals surface area contributed by atoms with Crippen LogP contribution in [0.3, 0.4) is 0 Å². The molecule has 0 fully saturated rings. The van der Waals surface area contributed by atoms with E-state index in [1.165, 1.54) is 12.1 Å². The molecule has 9 heteroatoms. The monoisotopic (exact) mass is 473 g/mol. The number of benzene rings is 1. The van der Waals surface area contributed by atoms with Gasteiger partial charge in [0.15, 0.2) is 12.4 Å². The number of unbranched alkanes of at least 4 members (excludes halogenated alkanes) is 1. The molecule has 0 aliphatic carbocycles. The van der Waals surface area contributed by atoms with Gasteiger partial charge < -0.3 is 14.6 Å². The van der Waals surface area contributed by atoms with Gasteiger partial charge in [-0.25, -0.2) is 9.69 Å². The predicted octanol–water partition coefficient (Wildman–Crippen LogP) is 5.06. The Morgan fingerprint density at radius 2 is 1.77 bits per heavy atom. The maximum atomic E-state index is 12.6. The largest absolute Gasteiger partial charge is 0.482 e. The Bertz CT molecular complexity index is 832. The number of rotatable bonds is 10. The Morgan fingerprint density at radius 1 is 1.13 bits per heavy atom. The van der Waals surface area contributed by atoms with Crippen molar-refractivity contribution in [3.05, 3.63) is 39.9 Å². The van der Waals surface area contributed by atoms with Crippen LogP contribution in [0.15, 0.2) is 24.3 Å². The average Bonchev–Trinajstić information content (AvgIpc) is 2.69. The topological polar surface area (TPSA) is 93.1 Å². The number of aliphatic hydroxyl groups excluding tert-OH is 1. The Balaban J connectivity index is 2.95. The molecular formula is C22H29Cl2NO6. The zero-order valence-corrected chi connectivity index (χ0v) is 19.8. The minimum atomic E-state index is -0.804. The van der Waals surface area contributed by atoms with Crippen molar-refractivity contribution in [2.24, 2.45) is 0 Å². The lowest BCUT2D eigenvalue weighted by atomic mass is 10.0. The number of nitrogens with zero attached hydrogens (tertiary/aromatic N) is 1. The van der Waals surface area contributed by atoms with E-state index in [9.17, 15) is 14.4 Å². The van der Waals surface area contributed by atoms with Crippen LogP contribution < -0.4 is 4.74 Å². The van der Waals surface area contributed by atoms with Gasteiger partial charge >= 0.3 is 6.09 Å². The quantitative estimate of drug-likeness (QED) is 0.290. The van der Waals surface area contributed by atoms with Crippen molar-refractivity contribution >= 4 is 41.0 Å². The summed E-state index contributed by atoms with van der Waals surface area (Å²) >= 11 is 12.4. The molecule has 2 amide bonds. The summed E-state index contributed by atoms with van der Waals surface area (Å²) in [4.78, 5) is 38.3. The first-order valence-corrected chi connectivity index (χ1v) is 10.7. The molecule has 0 saturated carbocycles. The fraction of sp³-hybridized carbons (Fsp3) is 0.500. The third-order valence-electron chi connectivity index (χ3n) is 4.10. The Labute approximate surface area is 192 Å². The van der Waals surface area contributed by atoms with E-state index in [1.807, 2.05) is 0 Å². The van der Waals surface area contributed by atoms with Crippen LogP contribution in [0.5, 0.6) is 5.75 Å². The van der Waals surface area contributed by atoms with Gasteiger partial charge in [-0.2, -0.15) is 0 Å². The second kappa shape index (κ2) is 12.1. The second-order valence-electron chi connectivity index (χ2n) is 7.77. The average molecular weight is 474 g/mol. The third-order valence-corrected chi connectivity index (χ3v) is 4.96. The van der Waals surface area contributed by atoms with Crippen LogP contribution in [0.2, 0.25) is 10.0 Å². The summed E-state index contributed by atoms with van der Waals surface area (Å²) in [5.74, 6) is -0.867. The number of hydrogen-bond donors (Lipinski definition) is 1. The van der Waals surface area contributed by atoms with Crippen molar-refractivity contribution in [1.82, 2.24) is 4.90 Å². The number of carbonyl (C=O) groups excluding carboxylic acids is 3. The molecule has 1 N–H and O–H groups in total. The molecule has 0 bridgehead atoms. The van der Waals surface area contributed by atoms with Crippen LogP contribution in [0.25, 0.3) is 0 Å². The molecule has 0 aliphatic heterocycles. The molecule has 0 spiro atoms. The summed E-state index contributed by atoms with van der Waals surface area (Å²) in [5.41, 5.74) is -0.205. The molecule has 0 unspecified atom stereocenters. The van der Waals surface area contributed by atoms with E-state index in [4.69, 9.17) is 37.8 Å². The highest BCUT2D eigenvalue weighted by molar-refractivity contribution is 6.45. The fourth-order valence-electron chi connectivity index (χ4n) is 2.40. The number of hydrogen-bond acceptors (Lipinski definition) is 6. The van der Waals surface area contributed by atoms with Crippen LogP contribution in [0.4, 0.5) is 4.79 Å². The van der Waals surface area contributed by atoms with E-state index in [2.05, 4.69) is 6.58 Å². The maximum absolute atomic E-state index is 12.6. The number of halogens is 2. The van der Waals surface area contributed by atoms with Crippen LogP contribution >= 0.6 is 23.2 Å². The van der Waals surface area contributed by atoms with Gasteiger partial charge in [0, 0.05) is 18.7 Å². The first kappa shape index (κ1) is 26.9. The highest BCUT2D eigenvalue weighted by atomic mass is 35.5. The number of amides is 2. The molecule has 1 aromatic rings. The minimum absolute atomic E-state index is 0.00170. The molecule has 7 nitrogen and oxygen atoms in total. The molecule has 1 aromatic carbocycles. The van der Waals surface area contributed by atoms with E-state index in [0.717, 1.165) is 4.90 Å². The number of allylic oxidation sites excluding steroid dienone is 1. The van der Waals surface area contributed by atoms with Crippen molar-refractivity contribution in [3.8, 4) is 5.75 Å². The lowest BCUT2D eigenvalue weighted by molar-refractivity contribution is -0.132. The van der Waals surface area contributed by atoms with Crippen LogP contribution in [0, 0.1) is 0 Å². The van der Waals surface area contributed by atoms with Gasteiger partial charge in [-0.15, -0.1) is 0 Å². The van der Waals surface area contributed by atoms with Crippen LogP contribution in [-0.4, -0.2) is 53.1 Å². The second-order valence-corrected chi connectivity index (χ2v) is 8.53. The van der Waals surface area contributed by atoms with Gasteiger partial charge in [0.25, 0.3) is 5.91 Å². The van der Waals surface area contributed by atoms with Crippen molar-refractivity contribution in [3.63, 3.8) is 0 Å². The Morgan fingerprint density at radius 3 is 2.32 bits per heavy atom. The van der Waals surface area contributed by atoms with Gasteiger partial charge in [0.05, 0.1) is 5.02 Å². The van der Waals surface area contributed by atoms with E-state index < -0.39 is 24.2 Å². The van der Waals surface area contributed by atoms with E-state index in [1.54, 1.807) is 27.7 Å². The number of aliphatic hydroxyl groups is 1. The summed E-state index contributed by atoms with van der Waals surface area (Å²) in [6.45, 7) is 10.1.